The van der Waals surface area contributed by atoms with Crippen molar-refractivity contribution in [2.24, 2.45) is 0 Å². The number of hydrogen-bond acceptors (Lipinski definition) is 3. The molecule has 0 aliphatic carbocycles. The largest absolute Gasteiger partial charge is 0.492 e. The maximum atomic E-state index is 10.7. The highest BCUT2D eigenvalue weighted by Crippen LogP contribution is 2.20. The van der Waals surface area contributed by atoms with Crippen LogP contribution in [0.3, 0.4) is 0 Å². The minimum Gasteiger partial charge on any atom is -0.492 e. The molecule has 2 aromatic rings. The number of rotatable bonds is 9. The molecule has 1 atom stereocenters. The molecule has 2 aromatic carbocycles. The predicted molar refractivity (Wildman–Crippen MR) is 103 cm³/mol. The lowest BCUT2D eigenvalue weighted by atomic mass is 10.1. The number of hydrogen-bond donors (Lipinski definition) is 1. The standard InChI is InChI=1S/C22H27NO3/c24-22(25)9-5-15-23-14-4-8-20(23)17-26-21-12-10-19(11-13-21)16-18-6-2-1-3-7-18/h1-3,6-7,10-13,20H,4-5,8-9,14-17H2,(H,24,25)/t20-/m1/s1. The Labute approximate surface area is 155 Å². The summed E-state index contributed by atoms with van der Waals surface area (Å²) in [5.41, 5.74) is 2.59. The highest BCUT2D eigenvalue weighted by Gasteiger charge is 2.24. The zero-order valence-electron chi connectivity index (χ0n) is 15.1. The van der Waals surface area contributed by atoms with Crippen LogP contribution in [-0.4, -0.2) is 41.7 Å². The third-order valence-corrected chi connectivity index (χ3v) is 4.95. The van der Waals surface area contributed by atoms with Crippen LogP contribution in [0, 0.1) is 0 Å². The summed E-state index contributed by atoms with van der Waals surface area (Å²) in [6.07, 6.45) is 4.17. The molecule has 0 radical (unpaired) electrons. The van der Waals surface area contributed by atoms with Gasteiger partial charge < -0.3 is 9.84 Å². The van der Waals surface area contributed by atoms with Gasteiger partial charge in [-0.05, 0) is 62.0 Å². The number of ether oxygens (including phenoxy) is 1. The number of likely N-dealkylation sites (tertiary alicyclic amines) is 1. The quantitative estimate of drug-likeness (QED) is 0.741. The van der Waals surface area contributed by atoms with Gasteiger partial charge in [-0.25, -0.2) is 0 Å². The van der Waals surface area contributed by atoms with Crippen LogP contribution >= 0.6 is 0 Å². The van der Waals surface area contributed by atoms with Crippen LogP contribution in [0.2, 0.25) is 0 Å². The summed E-state index contributed by atoms with van der Waals surface area (Å²) in [5, 5.41) is 8.78. The van der Waals surface area contributed by atoms with Gasteiger partial charge in [0.05, 0.1) is 0 Å². The number of aliphatic carboxylic acids is 1. The first-order valence-corrected chi connectivity index (χ1v) is 9.42. The number of nitrogens with zero attached hydrogens (tertiary/aromatic N) is 1. The summed E-state index contributed by atoms with van der Waals surface area (Å²) in [6, 6.07) is 19.2. The van der Waals surface area contributed by atoms with Gasteiger partial charge in [0.25, 0.3) is 0 Å². The van der Waals surface area contributed by atoms with Gasteiger partial charge in [0, 0.05) is 12.5 Å². The van der Waals surface area contributed by atoms with E-state index in [2.05, 4.69) is 41.3 Å². The van der Waals surface area contributed by atoms with Crippen LogP contribution in [0.15, 0.2) is 54.6 Å². The summed E-state index contributed by atoms with van der Waals surface area (Å²) in [6.45, 7) is 2.56. The van der Waals surface area contributed by atoms with Gasteiger partial charge in [-0.15, -0.1) is 0 Å². The highest BCUT2D eigenvalue weighted by molar-refractivity contribution is 5.66. The van der Waals surface area contributed by atoms with E-state index < -0.39 is 5.97 Å². The van der Waals surface area contributed by atoms with E-state index in [0.29, 0.717) is 19.1 Å². The van der Waals surface area contributed by atoms with E-state index in [1.807, 2.05) is 18.2 Å². The fraction of sp³-hybridized carbons (Fsp3) is 0.409. The van der Waals surface area contributed by atoms with Gasteiger partial charge in [0.15, 0.2) is 0 Å². The van der Waals surface area contributed by atoms with E-state index >= 15 is 0 Å². The average molecular weight is 353 g/mol. The highest BCUT2D eigenvalue weighted by atomic mass is 16.5. The zero-order chi connectivity index (χ0) is 18.2. The average Bonchev–Trinajstić information content (AvgIpc) is 3.09. The second kappa shape index (κ2) is 9.39. The monoisotopic (exact) mass is 353 g/mol. The van der Waals surface area contributed by atoms with Gasteiger partial charge in [-0.2, -0.15) is 0 Å². The molecule has 0 spiro atoms. The normalized spacial score (nSPS) is 17.3. The van der Waals surface area contributed by atoms with Crippen molar-refractivity contribution in [3.63, 3.8) is 0 Å². The second-order valence-electron chi connectivity index (χ2n) is 6.95. The lowest BCUT2D eigenvalue weighted by molar-refractivity contribution is -0.137. The fourth-order valence-electron chi connectivity index (χ4n) is 3.54. The number of benzene rings is 2. The molecule has 1 aliphatic rings. The van der Waals surface area contributed by atoms with Crippen molar-refractivity contribution in [2.45, 2.75) is 38.1 Å². The molecule has 1 saturated heterocycles. The molecule has 1 N–H and O–H groups in total. The number of carbonyl (C=O) groups is 1. The molecule has 4 heteroatoms. The second-order valence-corrected chi connectivity index (χ2v) is 6.95. The van der Waals surface area contributed by atoms with E-state index in [1.54, 1.807) is 0 Å². The first kappa shape index (κ1) is 18.5. The maximum Gasteiger partial charge on any atom is 0.303 e. The summed E-state index contributed by atoms with van der Waals surface area (Å²) < 4.78 is 5.99. The Balaban J connectivity index is 1.46. The molecule has 0 saturated carbocycles. The SMILES string of the molecule is O=C(O)CCCN1CCC[C@@H]1COc1ccc(Cc2ccccc2)cc1. The van der Waals surface area contributed by atoms with E-state index in [-0.39, 0.29) is 6.42 Å². The Bertz CT molecular complexity index is 684. The Morgan fingerprint density at radius 1 is 1.08 bits per heavy atom. The van der Waals surface area contributed by atoms with Crippen molar-refractivity contribution in [1.29, 1.82) is 0 Å². The van der Waals surface area contributed by atoms with E-state index in [0.717, 1.165) is 38.1 Å². The summed E-state index contributed by atoms with van der Waals surface area (Å²) in [5.74, 6) is 0.187. The summed E-state index contributed by atoms with van der Waals surface area (Å²) >= 11 is 0. The minimum atomic E-state index is -0.715. The molecule has 0 amide bonds. The van der Waals surface area contributed by atoms with Crippen molar-refractivity contribution in [3.8, 4) is 5.75 Å². The molecule has 1 heterocycles. The van der Waals surface area contributed by atoms with Crippen LogP contribution in [0.4, 0.5) is 0 Å². The van der Waals surface area contributed by atoms with Gasteiger partial charge in [-0.1, -0.05) is 42.5 Å². The first-order chi connectivity index (χ1) is 12.7. The van der Waals surface area contributed by atoms with Crippen molar-refractivity contribution in [1.82, 2.24) is 4.90 Å². The Hall–Kier alpha value is -2.33. The van der Waals surface area contributed by atoms with Gasteiger partial charge in [0.1, 0.15) is 12.4 Å². The summed E-state index contributed by atoms with van der Waals surface area (Å²) in [7, 11) is 0. The molecule has 0 aromatic heterocycles. The van der Waals surface area contributed by atoms with Gasteiger partial charge in [0.2, 0.25) is 0 Å². The molecule has 1 aliphatic heterocycles. The lowest BCUT2D eigenvalue weighted by Crippen LogP contribution is -2.35. The predicted octanol–water partition coefficient (Wildman–Crippen LogP) is 3.99. The van der Waals surface area contributed by atoms with Gasteiger partial charge in [-0.3, -0.25) is 9.69 Å². The molecule has 0 bridgehead atoms. The topological polar surface area (TPSA) is 49.8 Å². The third kappa shape index (κ3) is 5.60. The van der Waals surface area contributed by atoms with Crippen molar-refractivity contribution in [3.05, 3.63) is 65.7 Å². The molecule has 26 heavy (non-hydrogen) atoms. The van der Waals surface area contributed by atoms with Crippen molar-refractivity contribution < 1.29 is 14.6 Å². The number of carboxylic acids is 1. The lowest BCUT2D eigenvalue weighted by Gasteiger charge is -2.24. The zero-order valence-corrected chi connectivity index (χ0v) is 15.1. The molecule has 138 valence electrons. The number of carboxylic acid groups (broad SMARTS) is 1. The van der Waals surface area contributed by atoms with Crippen molar-refractivity contribution >= 4 is 5.97 Å². The van der Waals surface area contributed by atoms with Crippen LogP contribution in [-0.2, 0) is 11.2 Å². The molecular formula is C22H27NO3. The van der Waals surface area contributed by atoms with Crippen LogP contribution < -0.4 is 4.74 Å². The smallest absolute Gasteiger partial charge is 0.303 e. The Morgan fingerprint density at radius 3 is 2.54 bits per heavy atom. The van der Waals surface area contributed by atoms with E-state index in [4.69, 9.17) is 9.84 Å². The van der Waals surface area contributed by atoms with Gasteiger partial charge >= 0.3 is 5.97 Å². The first-order valence-electron chi connectivity index (χ1n) is 9.42. The molecule has 3 rings (SSSR count). The molecule has 4 nitrogen and oxygen atoms in total. The molecule has 1 fully saturated rings. The van der Waals surface area contributed by atoms with Crippen LogP contribution in [0.1, 0.15) is 36.8 Å². The minimum absolute atomic E-state index is 0.243. The van der Waals surface area contributed by atoms with E-state index in [1.165, 1.54) is 11.1 Å². The third-order valence-electron chi connectivity index (χ3n) is 4.95. The van der Waals surface area contributed by atoms with Crippen LogP contribution in [0.25, 0.3) is 0 Å². The Kier molecular flexibility index (Phi) is 6.67. The van der Waals surface area contributed by atoms with E-state index in [9.17, 15) is 4.79 Å². The molecular weight excluding hydrogens is 326 g/mol. The van der Waals surface area contributed by atoms with Crippen LogP contribution in [0.5, 0.6) is 5.75 Å². The molecule has 0 unspecified atom stereocenters. The fourth-order valence-corrected chi connectivity index (χ4v) is 3.54. The maximum absolute atomic E-state index is 10.7. The Morgan fingerprint density at radius 2 is 1.81 bits per heavy atom. The van der Waals surface area contributed by atoms with Crippen molar-refractivity contribution in [2.75, 3.05) is 19.7 Å². The summed E-state index contributed by atoms with van der Waals surface area (Å²) in [4.78, 5) is 13.0.